The van der Waals surface area contributed by atoms with Gasteiger partial charge in [-0.05, 0) is 7.05 Å². The first-order valence-corrected chi connectivity index (χ1v) is 6.70. The summed E-state index contributed by atoms with van der Waals surface area (Å²) in [5.41, 5.74) is 0. The summed E-state index contributed by atoms with van der Waals surface area (Å²) in [5.74, 6) is -0.625. The van der Waals surface area contributed by atoms with Crippen LogP contribution in [0.3, 0.4) is 0 Å². The third kappa shape index (κ3) is 2.74. The van der Waals surface area contributed by atoms with E-state index < -0.39 is 12.2 Å². The lowest BCUT2D eigenvalue weighted by Gasteiger charge is -2.35. The first-order valence-electron chi connectivity index (χ1n) is 6.70. The Hall–Kier alpha value is -1.14. The lowest BCUT2D eigenvalue weighted by atomic mass is 10.00. The number of likely N-dealkylation sites (N-methyl/N-ethyl adjacent to an activating group) is 1. The summed E-state index contributed by atoms with van der Waals surface area (Å²) >= 11 is 0. The molecule has 2 rings (SSSR count). The first kappa shape index (κ1) is 14.3. The molecule has 2 bridgehead atoms. The number of esters is 2. The van der Waals surface area contributed by atoms with Gasteiger partial charge in [0.15, 0.2) is 0 Å². The average molecular weight is 271 g/mol. The number of aliphatic hydroxyl groups is 1. The second-order valence-electron chi connectivity index (χ2n) is 5.30. The minimum absolute atomic E-state index is 0.0893. The lowest BCUT2D eigenvalue weighted by molar-refractivity contribution is -0.156. The van der Waals surface area contributed by atoms with Crippen molar-refractivity contribution in [3.8, 4) is 0 Å². The van der Waals surface area contributed by atoms with Crippen molar-refractivity contribution in [1.82, 2.24) is 4.90 Å². The molecule has 0 amide bonds. The number of ether oxygens (including phenoxy) is 2. The Morgan fingerprint density at radius 1 is 1.26 bits per heavy atom. The van der Waals surface area contributed by atoms with Crippen molar-refractivity contribution < 1.29 is 24.2 Å². The van der Waals surface area contributed by atoms with E-state index in [-0.39, 0.29) is 36.5 Å². The molecule has 19 heavy (non-hydrogen) atoms. The van der Waals surface area contributed by atoms with Crippen LogP contribution in [0.5, 0.6) is 0 Å². The molecule has 1 N–H and O–H groups in total. The fraction of sp³-hybridized carbons (Fsp3) is 0.846. The predicted octanol–water partition coefficient (Wildman–Crippen LogP) is 0.0772. The van der Waals surface area contributed by atoms with E-state index in [4.69, 9.17) is 9.47 Å². The first-order chi connectivity index (χ1) is 8.93. The van der Waals surface area contributed by atoms with Crippen LogP contribution < -0.4 is 0 Å². The molecular weight excluding hydrogens is 250 g/mol. The molecule has 3 unspecified atom stereocenters. The summed E-state index contributed by atoms with van der Waals surface area (Å²) in [6, 6.07) is -0.216. The standard InChI is InChI=1S/C13H21NO5/c1-4-11(16)19-13-10-6-8(18-7(2)15)5-9(12(13)17)14(10)3/h8-10,12-13,17H,4-6H2,1-3H3/t8?,9-,10+,12?,13?/m0/s1. The molecule has 6 heteroatoms. The van der Waals surface area contributed by atoms with Gasteiger partial charge in [-0.25, -0.2) is 0 Å². The molecular formula is C13H21NO5. The Bertz CT molecular complexity index is 372. The highest BCUT2D eigenvalue weighted by molar-refractivity contribution is 5.69. The summed E-state index contributed by atoms with van der Waals surface area (Å²) < 4.78 is 10.6. The van der Waals surface area contributed by atoms with Crippen LogP contribution in [0.4, 0.5) is 0 Å². The maximum Gasteiger partial charge on any atom is 0.305 e. The number of hydrogen-bond acceptors (Lipinski definition) is 6. The summed E-state index contributed by atoms with van der Waals surface area (Å²) in [4.78, 5) is 24.5. The van der Waals surface area contributed by atoms with E-state index in [1.807, 2.05) is 11.9 Å². The van der Waals surface area contributed by atoms with Gasteiger partial charge in [0, 0.05) is 32.2 Å². The number of nitrogens with zero attached hydrogens (tertiary/aromatic N) is 1. The van der Waals surface area contributed by atoms with Crippen molar-refractivity contribution in [1.29, 1.82) is 0 Å². The highest BCUT2D eigenvalue weighted by Gasteiger charge is 2.53. The summed E-state index contributed by atoms with van der Waals surface area (Å²) in [6.07, 6.45) is 0.00874. The Morgan fingerprint density at radius 2 is 1.89 bits per heavy atom. The summed E-state index contributed by atoms with van der Waals surface area (Å²) in [5, 5.41) is 10.3. The number of rotatable bonds is 3. The molecule has 0 saturated carbocycles. The van der Waals surface area contributed by atoms with Gasteiger partial charge in [0.25, 0.3) is 0 Å². The molecule has 108 valence electrons. The van der Waals surface area contributed by atoms with Crippen molar-refractivity contribution >= 4 is 11.9 Å². The molecule has 2 aliphatic heterocycles. The van der Waals surface area contributed by atoms with Crippen LogP contribution in [-0.2, 0) is 19.1 Å². The highest BCUT2D eigenvalue weighted by atomic mass is 16.6. The molecule has 2 fully saturated rings. The topological polar surface area (TPSA) is 76.1 Å². The van der Waals surface area contributed by atoms with Crippen LogP contribution in [0.15, 0.2) is 0 Å². The van der Waals surface area contributed by atoms with Crippen LogP contribution >= 0.6 is 0 Å². The zero-order chi connectivity index (χ0) is 14.2. The molecule has 0 aromatic rings. The molecule has 0 spiro atoms. The molecule has 2 aliphatic rings. The summed E-state index contributed by atoms with van der Waals surface area (Å²) in [7, 11) is 1.91. The monoisotopic (exact) mass is 271 g/mol. The van der Waals surface area contributed by atoms with Gasteiger partial charge in [0.1, 0.15) is 18.3 Å². The number of fused-ring (bicyclic) bond motifs is 2. The Labute approximate surface area is 112 Å². The molecule has 2 heterocycles. The van der Waals surface area contributed by atoms with E-state index in [0.29, 0.717) is 12.8 Å². The fourth-order valence-electron chi connectivity index (χ4n) is 3.12. The fourth-order valence-corrected chi connectivity index (χ4v) is 3.12. The largest absolute Gasteiger partial charge is 0.462 e. The summed E-state index contributed by atoms with van der Waals surface area (Å²) in [6.45, 7) is 3.10. The van der Waals surface area contributed by atoms with E-state index in [1.165, 1.54) is 6.92 Å². The molecule has 2 saturated heterocycles. The predicted molar refractivity (Wildman–Crippen MR) is 66.3 cm³/mol. The van der Waals surface area contributed by atoms with Gasteiger partial charge in [0.2, 0.25) is 0 Å². The third-order valence-corrected chi connectivity index (χ3v) is 4.05. The Kier molecular flexibility index (Phi) is 4.10. The second-order valence-corrected chi connectivity index (χ2v) is 5.30. The third-order valence-electron chi connectivity index (χ3n) is 4.05. The van der Waals surface area contributed by atoms with E-state index >= 15 is 0 Å². The SMILES string of the molecule is CCC(=O)OC1C(O)[C@@H]2CC(OC(C)=O)C[C@H]1N2C. The minimum atomic E-state index is -0.717. The van der Waals surface area contributed by atoms with Crippen molar-refractivity contribution in [2.45, 2.75) is 63.5 Å². The molecule has 5 atom stereocenters. The average Bonchev–Trinajstić information content (AvgIpc) is 2.49. The number of piperidine rings is 1. The number of hydrogen-bond donors (Lipinski definition) is 1. The smallest absolute Gasteiger partial charge is 0.305 e. The number of carbonyl (C=O) groups is 2. The molecule has 0 radical (unpaired) electrons. The van der Waals surface area contributed by atoms with Crippen molar-refractivity contribution in [2.75, 3.05) is 7.05 Å². The van der Waals surface area contributed by atoms with Gasteiger partial charge in [-0.3, -0.25) is 14.5 Å². The lowest BCUT2D eigenvalue weighted by Crippen LogP contribution is -2.46. The van der Waals surface area contributed by atoms with E-state index in [9.17, 15) is 14.7 Å². The van der Waals surface area contributed by atoms with Gasteiger partial charge in [-0.1, -0.05) is 6.92 Å². The van der Waals surface area contributed by atoms with Gasteiger partial charge in [0.05, 0.1) is 6.04 Å². The van der Waals surface area contributed by atoms with Crippen LogP contribution in [0.25, 0.3) is 0 Å². The maximum absolute atomic E-state index is 11.4. The van der Waals surface area contributed by atoms with E-state index in [1.54, 1.807) is 6.92 Å². The zero-order valence-electron chi connectivity index (χ0n) is 11.5. The quantitative estimate of drug-likeness (QED) is 0.732. The number of aliphatic hydroxyl groups excluding tert-OH is 1. The normalized spacial score (nSPS) is 38.0. The van der Waals surface area contributed by atoms with Crippen molar-refractivity contribution in [3.05, 3.63) is 0 Å². The highest BCUT2D eigenvalue weighted by Crippen LogP contribution is 2.37. The molecule has 0 aliphatic carbocycles. The van der Waals surface area contributed by atoms with Gasteiger partial charge < -0.3 is 14.6 Å². The van der Waals surface area contributed by atoms with Crippen LogP contribution in [0.1, 0.15) is 33.1 Å². The Balaban J connectivity index is 2.08. The van der Waals surface area contributed by atoms with Gasteiger partial charge in [-0.2, -0.15) is 0 Å². The van der Waals surface area contributed by atoms with Crippen LogP contribution in [0, 0.1) is 0 Å². The van der Waals surface area contributed by atoms with Gasteiger partial charge >= 0.3 is 11.9 Å². The van der Waals surface area contributed by atoms with Crippen LogP contribution in [-0.4, -0.2) is 59.4 Å². The maximum atomic E-state index is 11.4. The molecule has 6 nitrogen and oxygen atoms in total. The van der Waals surface area contributed by atoms with E-state index in [2.05, 4.69) is 0 Å². The zero-order valence-corrected chi connectivity index (χ0v) is 11.5. The molecule has 0 aromatic carbocycles. The van der Waals surface area contributed by atoms with Crippen LogP contribution in [0.2, 0.25) is 0 Å². The minimum Gasteiger partial charge on any atom is -0.462 e. The van der Waals surface area contributed by atoms with Gasteiger partial charge in [-0.15, -0.1) is 0 Å². The van der Waals surface area contributed by atoms with E-state index in [0.717, 1.165) is 0 Å². The second kappa shape index (κ2) is 5.46. The number of carbonyl (C=O) groups excluding carboxylic acids is 2. The van der Waals surface area contributed by atoms with Crippen molar-refractivity contribution in [3.63, 3.8) is 0 Å². The molecule has 0 aromatic heterocycles. The Morgan fingerprint density at radius 3 is 2.47 bits per heavy atom. The van der Waals surface area contributed by atoms with Crippen molar-refractivity contribution in [2.24, 2.45) is 0 Å².